The number of alkyl halides is 3. The van der Waals surface area contributed by atoms with Gasteiger partial charge in [-0.1, -0.05) is 30.3 Å². The molecule has 0 saturated heterocycles. The summed E-state index contributed by atoms with van der Waals surface area (Å²) in [5, 5.41) is 2.87. The second-order valence-corrected chi connectivity index (χ2v) is 6.09. The molecule has 1 aromatic heterocycles. The molecule has 2 aromatic carbocycles. The van der Waals surface area contributed by atoms with Crippen molar-refractivity contribution < 1.29 is 22.4 Å². The van der Waals surface area contributed by atoms with Crippen LogP contribution in [0.25, 0.3) is 11.0 Å². The Kier molecular flexibility index (Phi) is 4.54. The van der Waals surface area contributed by atoms with Crippen LogP contribution in [-0.4, -0.2) is 11.4 Å². The lowest BCUT2D eigenvalue weighted by molar-refractivity contribution is -0.0328. The summed E-state index contributed by atoms with van der Waals surface area (Å²) in [4.78, 5) is 24.1. The third-order valence-corrected chi connectivity index (χ3v) is 4.05. The molecule has 0 atom stereocenters. The number of rotatable bonds is 3. The van der Waals surface area contributed by atoms with Gasteiger partial charge in [-0.2, -0.15) is 13.2 Å². The molecule has 4 nitrogen and oxygen atoms in total. The van der Waals surface area contributed by atoms with Gasteiger partial charge in [0.05, 0.1) is 5.69 Å². The quantitative estimate of drug-likeness (QED) is 0.542. The third-order valence-electron chi connectivity index (χ3n) is 3.25. The second kappa shape index (κ2) is 6.64. The Morgan fingerprint density at radius 3 is 2.48 bits per heavy atom. The highest BCUT2D eigenvalue weighted by Gasteiger charge is 2.30. The van der Waals surface area contributed by atoms with Gasteiger partial charge in [0.25, 0.3) is 5.91 Å². The van der Waals surface area contributed by atoms with Crippen molar-refractivity contribution in [3.05, 3.63) is 70.6 Å². The number of hydrogen-bond donors (Lipinski definition) is 1. The highest BCUT2D eigenvalue weighted by Crippen LogP contribution is 2.40. The zero-order valence-electron chi connectivity index (χ0n) is 12.5. The number of hydrogen-bond acceptors (Lipinski definition) is 4. The first-order valence-corrected chi connectivity index (χ1v) is 7.84. The van der Waals surface area contributed by atoms with E-state index >= 15 is 0 Å². The largest absolute Gasteiger partial charge is 0.446 e. The van der Waals surface area contributed by atoms with Gasteiger partial charge in [-0.25, -0.2) is 4.79 Å². The molecular weight excluding hydrogens is 355 g/mol. The van der Waals surface area contributed by atoms with Crippen LogP contribution >= 0.6 is 11.8 Å². The molecule has 0 aliphatic carbocycles. The van der Waals surface area contributed by atoms with E-state index in [0.29, 0.717) is 11.0 Å². The van der Waals surface area contributed by atoms with E-state index < -0.39 is 17.0 Å². The van der Waals surface area contributed by atoms with Crippen molar-refractivity contribution in [3.8, 4) is 0 Å². The fourth-order valence-corrected chi connectivity index (χ4v) is 2.82. The second-order valence-electron chi connectivity index (χ2n) is 4.98. The maximum absolute atomic E-state index is 12.6. The van der Waals surface area contributed by atoms with Crippen molar-refractivity contribution in [2.45, 2.75) is 10.4 Å². The smallest absolute Gasteiger partial charge is 0.422 e. The summed E-state index contributed by atoms with van der Waals surface area (Å²) >= 11 is -0.345. The predicted molar refractivity (Wildman–Crippen MR) is 88.8 cm³/mol. The molecule has 1 N–H and O–H groups in total. The maximum Gasteiger partial charge on any atom is 0.446 e. The third kappa shape index (κ3) is 4.03. The molecule has 3 aromatic rings. The van der Waals surface area contributed by atoms with Crippen LogP contribution in [0.2, 0.25) is 0 Å². The van der Waals surface area contributed by atoms with Crippen molar-refractivity contribution in [1.29, 1.82) is 0 Å². The number of fused-ring (bicyclic) bond motifs is 1. The molecule has 0 saturated carbocycles. The molecular formula is C17H10F3NO3S. The minimum absolute atomic E-state index is 0.0395. The normalized spacial score (nSPS) is 11.5. The van der Waals surface area contributed by atoms with Gasteiger partial charge >= 0.3 is 11.1 Å². The summed E-state index contributed by atoms with van der Waals surface area (Å²) in [6.45, 7) is 0. The van der Waals surface area contributed by atoms with Gasteiger partial charge in [0.2, 0.25) is 0 Å². The van der Waals surface area contributed by atoms with Gasteiger partial charge in [-0.05, 0) is 36.0 Å². The summed E-state index contributed by atoms with van der Waals surface area (Å²) in [6.07, 6.45) is 0. The van der Waals surface area contributed by atoms with E-state index in [1.54, 1.807) is 24.3 Å². The Bertz CT molecular complexity index is 998. The number of anilines is 1. The van der Waals surface area contributed by atoms with Gasteiger partial charge < -0.3 is 9.73 Å². The Labute approximate surface area is 143 Å². The standard InChI is InChI=1S/C17H10F3NO3S/c18-17(19,20)25-14-8-4-2-6-12(14)21-15(22)11-9-10-5-1-3-7-13(10)24-16(11)23/h1-9H,(H,21,22). The van der Waals surface area contributed by atoms with E-state index in [4.69, 9.17) is 4.42 Å². The first-order valence-electron chi connectivity index (χ1n) is 7.02. The molecule has 0 unspecified atom stereocenters. The van der Waals surface area contributed by atoms with E-state index in [0.717, 1.165) is 0 Å². The Morgan fingerprint density at radius 2 is 1.72 bits per heavy atom. The van der Waals surface area contributed by atoms with E-state index in [1.807, 2.05) is 0 Å². The highest BCUT2D eigenvalue weighted by atomic mass is 32.2. The predicted octanol–water partition coefficient (Wildman–Crippen LogP) is 4.66. The first-order chi connectivity index (χ1) is 11.8. The first kappa shape index (κ1) is 17.1. The number of para-hydroxylation sites is 2. The summed E-state index contributed by atoms with van der Waals surface area (Å²) in [5.74, 6) is -0.838. The Hall–Kier alpha value is -2.74. The molecule has 8 heteroatoms. The van der Waals surface area contributed by atoms with E-state index in [1.165, 1.54) is 30.3 Å². The molecule has 0 aliphatic rings. The zero-order chi connectivity index (χ0) is 18.0. The summed E-state index contributed by atoms with van der Waals surface area (Å²) in [6, 6.07) is 13.4. The molecule has 0 bridgehead atoms. The molecule has 3 rings (SSSR count). The molecule has 128 valence electrons. The highest BCUT2D eigenvalue weighted by molar-refractivity contribution is 8.00. The van der Waals surface area contributed by atoms with Crippen LogP contribution in [0, 0.1) is 0 Å². The molecule has 0 radical (unpaired) electrons. The van der Waals surface area contributed by atoms with Crippen molar-refractivity contribution in [2.24, 2.45) is 0 Å². The average molecular weight is 365 g/mol. The monoisotopic (exact) mass is 365 g/mol. The van der Waals surface area contributed by atoms with Crippen molar-refractivity contribution in [1.82, 2.24) is 0 Å². The number of nitrogens with one attached hydrogen (secondary N) is 1. The minimum Gasteiger partial charge on any atom is -0.422 e. The lowest BCUT2D eigenvalue weighted by atomic mass is 10.1. The van der Waals surface area contributed by atoms with Crippen LogP contribution in [0.5, 0.6) is 0 Å². The lowest BCUT2D eigenvalue weighted by Crippen LogP contribution is -2.21. The summed E-state index contributed by atoms with van der Waals surface area (Å²) < 4.78 is 42.9. The van der Waals surface area contributed by atoms with Crippen molar-refractivity contribution in [3.63, 3.8) is 0 Å². The van der Waals surface area contributed by atoms with Crippen LogP contribution in [0.15, 0.2) is 68.7 Å². The molecule has 0 spiro atoms. The number of amides is 1. The summed E-state index contributed by atoms with van der Waals surface area (Å²) in [7, 11) is 0. The number of thioether (sulfide) groups is 1. The SMILES string of the molecule is O=C(Nc1ccccc1SC(F)(F)F)c1cc2ccccc2oc1=O. The Morgan fingerprint density at radius 1 is 1.04 bits per heavy atom. The van der Waals surface area contributed by atoms with Gasteiger partial charge in [0.1, 0.15) is 11.1 Å². The van der Waals surface area contributed by atoms with Crippen molar-refractivity contribution >= 4 is 34.3 Å². The van der Waals surface area contributed by atoms with Crippen LogP contribution in [0.3, 0.4) is 0 Å². The molecule has 0 aliphatic heterocycles. The molecule has 1 amide bonds. The lowest BCUT2D eigenvalue weighted by Gasteiger charge is -2.12. The molecule has 1 heterocycles. The molecule has 0 fully saturated rings. The number of benzene rings is 2. The van der Waals surface area contributed by atoms with Gasteiger partial charge in [-0.3, -0.25) is 4.79 Å². The van der Waals surface area contributed by atoms with E-state index in [-0.39, 0.29) is 27.9 Å². The Balaban J connectivity index is 1.93. The number of halogens is 3. The number of carbonyl (C=O) groups is 1. The topological polar surface area (TPSA) is 59.3 Å². The van der Waals surface area contributed by atoms with E-state index in [9.17, 15) is 22.8 Å². The van der Waals surface area contributed by atoms with Gasteiger partial charge in [0, 0.05) is 10.3 Å². The zero-order valence-corrected chi connectivity index (χ0v) is 13.3. The van der Waals surface area contributed by atoms with Gasteiger partial charge in [-0.15, -0.1) is 0 Å². The fraction of sp³-hybridized carbons (Fsp3) is 0.0588. The number of carbonyl (C=O) groups excluding carboxylic acids is 1. The maximum atomic E-state index is 12.6. The van der Waals surface area contributed by atoms with Crippen LogP contribution < -0.4 is 10.9 Å². The van der Waals surface area contributed by atoms with Crippen LogP contribution in [0.1, 0.15) is 10.4 Å². The molecule has 25 heavy (non-hydrogen) atoms. The minimum atomic E-state index is -4.50. The van der Waals surface area contributed by atoms with E-state index in [2.05, 4.69) is 5.32 Å². The van der Waals surface area contributed by atoms with Gasteiger partial charge in [0.15, 0.2) is 0 Å². The summed E-state index contributed by atoms with van der Waals surface area (Å²) in [5.41, 5.74) is -5.37. The van der Waals surface area contributed by atoms with Crippen LogP contribution in [0.4, 0.5) is 18.9 Å². The average Bonchev–Trinajstić information content (AvgIpc) is 2.54. The van der Waals surface area contributed by atoms with Crippen LogP contribution in [-0.2, 0) is 0 Å². The van der Waals surface area contributed by atoms with Crippen molar-refractivity contribution in [2.75, 3.05) is 5.32 Å². The fourth-order valence-electron chi connectivity index (χ4n) is 2.19.